The van der Waals surface area contributed by atoms with E-state index in [1.807, 2.05) is 0 Å². The first-order chi connectivity index (χ1) is 6.77. The Hall–Kier alpha value is -1.43. The zero-order chi connectivity index (χ0) is 11.7. The molecule has 0 aliphatic rings. The van der Waals surface area contributed by atoms with Crippen LogP contribution in [0.2, 0.25) is 0 Å². The quantitative estimate of drug-likeness (QED) is 0.766. The van der Waals surface area contributed by atoms with Gasteiger partial charge in [0.05, 0.1) is 0 Å². The Morgan fingerprint density at radius 1 is 1.47 bits per heavy atom. The monoisotopic (exact) mass is 218 g/mol. The summed E-state index contributed by atoms with van der Waals surface area (Å²) in [4.78, 5) is 15.0. The third kappa shape index (κ3) is 2.15. The summed E-state index contributed by atoms with van der Waals surface area (Å²) in [7, 11) is 0. The van der Waals surface area contributed by atoms with Gasteiger partial charge in [-0.1, -0.05) is 0 Å². The van der Waals surface area contributed by atoms with E-state index in [1.54, 1.807) is 0 Å². The summed E-state index contributed by atoms with van der Waals surface area (Å²) in [5.41, 5.74) is 1.94. The molecule has 0 aliphatic carbocycles. The minimum absolute atomic E-state index is 0.153. The molecule has 0 bridgehead atoms. The lowest BCUT2D eigenvalue weighted by Gasteiger charge is -2.25. The van der Waals surface area contributed by atoms with E-state index < -0.39 is 17.5 Å². The van der Waals surface area contributed by atoms with Crippen molar-refractivity contribution >= 4 is 5.78 Å². The summed E-state index contributed by atoms with van der Waals surface area (Å²) in [6.07, 6.45) is -2.36. The van der Waals surface area contributed by atoms with Crippen LogP contribution in [-0.4, -0.2) is 22.5 Å². The van der Waals surface area contributed by atoms with E-state index in [4.69, 9.17) is 5.73 Å². The fourth-order valence-electron chi connectivity index (χ4n) is 0.926. The third-order valence-electron chi connectivity index (χ3n) is 1.98. The Morgan fingerprint density at radius 2 is 2.07 bits per heavy atom. The molecule has 1 aromatic heterocycles. The number of alkyl halides is 3. The van der Waals surface area contributed by atoms with Crippen molar-refractivity contribution in [2.45, 2.75) is 18.6 Å². The molecule has 0 spiro atoms. The largest absolute Gasteiger partial charge is 0.413 e. The van der Waals surface area contributed by atoms with E-state index in [1.165, 1.54) is 18.3 Å². The van der Waals surface area contributed by atoms with Gasteiger partial charge in [0.15, 0.2) is 11.3 Å². The molecule has 0 saturated heterocycles. The van der Waals surface area contributed by atoms with Gasteiger partial charge in [-0.3, -0.25) is 9.78 Å². The molecule has 6 heteroatoms. The summed E-state index contributed by atoms with van der Waals surface area (Å²) >= 11 is 0. The molecular weight excluding hydrogens is 209 g/mol. The normalized spacial score (nSPS) is 15.8. The highest BCUT2D eigenvalue weighted by Crippen LogP contribution is 2.30. The molecule has 0 radical (unpaired) electrons. The maximum Gasteiger partial charge on any atom is 0.413 e. The van der Waals surface area contributed by atoms with Crippen LogP contribution < -0.4 is 5.73 Å². The number of hydrogen-bond donors (Lipinski definition) is 1. The molecule has 3 nitrogen and oxygen atoms in total. The molecule has 0 aromatic carbocycles. The highest BCUT2D eigenvalue weighted by Gasteiger charge is 2.53. The lowest BCUT2D eigenvalue weighted by molar-refractivity contribution is -0.165. The van der Waals surface area contributed by atoms with Gasteiger partial charge in [0.2, 0.25) is 0 Å². The van der Waals surface area contributed by atoms with Crippen LogP contribution >= 0.6 is 0 Å². The number of hydrogen-bond acceptors (Lipinski definition) is 3. The number of carbonyl (C=O) groups is 1. The van der Waals surface area contributed by atoms with Gasteiger partial charge in [0.25, 0.3) is 0 Å². The number of halogens is 3. The number of pyridine rings is 1. The zero-order valence-electron chi connectivity index (χ0n) is 7.88. The summed E-state index contributed by atoms with van der Waals surface area (Å²) in [5, 5.41) is 0. The Balaban J connectivity index is 3.06. The summed E-state index contributed by atoms with van der Waals surface area (Å²) in [6.45, 7) is 0.641. The molecule has 2 N–H and O–H groups in total. The summed E-state index contributed by atoms with van der Waals surface area (Å²) < 4.78 is 37.2. The molecule has 1 atom stereocenters. The molecule has 15 heavy (non-hydrogen) atoms. The number of carbonyl (C=O) groups excluding carboxylic acids is 1. The van der Waals surface area contributed by atoms with E-state index >= 15 is 0 Å². The number of nitrogens with zero attached hydrogens (tertiary/aromatic N) is 1. The maximum absolute atomic E-state index is 12.4. The van der Waals surface area contributed by atoms with E-state index in [2.05, 4.69) is 4.98 Å². The molecule has 1 heterocycles. The van der Waals surface area contributed by atoms with Gasteiger partial charge in [0.1, 0.15) is 0 Å². The minimum atomic E-state index is -4.78. The summed E-state index contributed by atoms with van der Waals surface area (Å²) in [6, 6.07) is 2.62. The Bertz CT molecular complexity index is 359. The zero-order valence-corrected chi connectivity index (χ0v) is 7.88. The van der Waals surface area contributed by atoms with Gasteiger partial charge < -0.3 is 5.73 Å². The number of Topliss-reactive ketones (excluding diaryl/α,β-unsaturated/α-hetero) is 1. The van der Waals surface area contributed by atoms with Crippen LogP contribution in [0.4, 0.5) is 13.2 Å². The van der Waals surface area contributed by atoms with Crippen molar-refractivity contribution in [1.82, 2.24) is 4.98 Å². The van der Waals surface area contributed by atoms with Crippen LogP contribution in [-0.2, 0) is 0 Å². The van der Waals surface area contributed by atoms with Crippen molar-refractivity contribution < 1.29 is 18.0 Å². The van der Waals surface area contributed by atoms with Crippen molar-refractivity contribution in [3.05, 3.63) is 30.1 Å². The van der Waals surface area contributed by atoms with Crippen LogP contribution in [0.3, 0.4) is 0 Å². The number of ketones is 1. The van der Waals surface area contributed by atoms with Crippen LogP contribution in [0, 0.1) is 0 Å². The Labute approximate surface area is 84.1 Å². The molecule has 0 aliphatic heterocycles. The highest BCUT2D eigenvalue weighted by atomic mass is 19.4. The predicted molar refractivity (Wildman–Crippen MR) is 47.2 cm³/mol. The van der Waals surface area contributed by atoms with Crippen molar-refractivity contribution in [3.63, 3.8) is 0 Å². The summed E-state index contributed by atoms with van der Waals surface area (Å²) in [5.74, 6) is -1.19. The highest BCUT2D eigenvalue weighted by molar-refractivity contribution is 6.03. The van der Waals surface area contributed by atoms with Crippen LogP contribution in [0.5, 0.6) is 0 Å². The number of aromatic nitrogens is 1. The second-order valence-corrected chi connectivity index (χ2v) is 3.27. The van der Waals surface area contributed by atoms with Crippen molar-refractivity contribution in [3.8, 4) is 0 Å². The predicted octanol–water partition coefficient (Wildman–Crippen LogP) is 1.54. The van der Waals surface area contributed by atoms with E-state index in [-0.39, 0.29) is 5.56 Å². The minimum Gasteiger partial charge on any atom is -0.311 e. The number of rotatable bonds is 2. The smallest absolute Gasteiger partial charge is 0.311 e. The molecule has 1 rings (SSSR count). The van der Waals surface area contributed by atoms with E-state index in [0.29, 0.717) is 6.92 Å². The second-order valence-electron chi connectivity index (χ2n) is 3.27. The molecule has 1 aromatic rings. The Morgan fingerprint density at radius 3 is 2.47 bits per heavy atom. The van der Waals surface area contributed by atoms with Gasteiger partial charge in [-0.15, -0.1) is 0 Å². The fourth-order valence-corrected chi connectivity index (χ4v) is 0.926. The number of nitrogens with two attached hydrogens (primary N) is 1. The standard InChI is InChI=1S/C9H9F3N2O/c1-8(13,9(10,11)12)7(15)6-3-2-4-14-5-6/h2-5H,13H2,1H3. The molecule has 0 amide bonds. The van der Waals surface area contributed by atoms with Crippen LogP contribution in [0.1, 0.15) is 17.3 Å². The molecule has 1 unspecified atom stereocenters. The van der Waals surface area contributed by atoms with Gasteiger partial charge >= 0.3 is 6.18 Å². The van der Waals surface area contributed by atoms with Crippen molar-refractivity contribution in [2.24, 2.45) is 5.73 Å². The first-order valence-electron chi connectivity index (χ1n) is 4.07. The van der Waals surface area contributed by atoms with Crippen LogP contribution in [0.25, 0.3) is 0 Å². The average molecular weight is 218 g/mol. The molecule has 82 valence electrons. The molecule has 0 fully saturated rings. The lowest BCUT2D eigenvalue weighted by Crippen LogP contribution is -2.57. The first kappa shape index (κ1) is 11.6. The van der Waals surface area contributed by atoms with Gasteiger partial charge in [0, 0.05) is 18.0 Å². The van der Waals surface area contributed by atoms with Gasteiger partial charge in [-0.05, 0) is 19.1 Å². The third-order valence-corrected chi connectivity index (χ3v) is 1.98. The lowest BCUT2D eigenvalue weighted by atomic mass is 9.92. The van der Waals surface area contributed by atoms with Gasteiger partial charge in [-0.2, -0.15) is 13.2 Å². The first-order valence-corrected chi connectivity index (χ1v) is 4.07. The second kappa shape index (κ2) is 3.62. The topological polar surface area (TPSA) is 56.0 Å². The Kier molecular flexibility index (Phi) is 2.81. The van der Waals surface area contributed by atoms with Crippen molar-refractivity contribution in [1.29, 1.82) is 0 Å². The van der Waals surface area contributed by atoms with E-state index in [9.17, 15) is 18.0 Å². The average Bonchev–Trinajstić information content (AvgIpc) is 2.16. The van der Waals surface area contributed by atoms with Crippen molar-refractivity contribution in [2.75, 3.05) is 0 Å². The SMILES string of the molecule is CC(N)(C(=O)c1cccnc1)C(F)(F)F. The molecular formula is C9H9F3N2O. The van der Waals surface area contributed by atoms with Gasteiger partial charge in [-0.25, -0.2) is 0 Å². The maximum atomic E-state index is 12.4. The van der Waals surface area contributed by atoms with E-state index in [0.717, 1.165) is 6.20 Å². The molecule has 0 saturated carbocycles. The fraction of sp³-hybridized carbons (Fsp3) is 0.333. The van der Waals surface area contributed by atoms with Crippen LogP contribution in [0.15, 0.2) is 24.5 Å².